The van der Waals surface area contributed by atoms with Gasteiger partial charge >= 0.3 is 0 Å². The number of likely N-dealkylation sites (tertiary alicyclic amines) is 5. The Morgan fingerprint density at radius 3 is 1.59 bits per heavy atom. The van der Waals surface area contributed by atoms with E-state index < -0.39 is 0 Å². The first-order valence-electron chi connectivity index (χ1n) is 39.5. The van der Waals surface area contributed by atoms with Crippen LogP contribution >= 0.6 is 0 Å². The van der Waals surface area contributed by atoms with Crippen molar-refractivity contribution in [3.8, 4) is 0 Å². The number of pyridine rings is 1. The molecular formula is C81H140N15O+. The first-order chi connectivity index (χ1) is 47.2. The molecule has 2 aromatic carbocycles. The maximum Gasteiger partial charge on any atom is 0.128 e. The quantitative estimate of drug-likeness (QED) is 0.0963. The van der Waals surface area contributed by atoms with Crippen molar-refractivity contribution in [3.05, 3.63) is 96.5 Å². The number of quaternary nitrogens is 1. The number of anilines is 3. The van der Waals surface area contributed by atoms with Crippen LogP contribution in [0.3, 0.4) is 0 Å². The molecule has 16 heteroatoms. The van der Waals surface area contributed by atoms with Crippen LogP contribution in [0.25, 0.3) is 0 Å². The number of piperazine rings is 1. The molecule has 0 bridgehead atoms. The largest absolute Gasteiger partial charge is 0.381 e. The first-order valence-corrected chi connectivity index (χ1v) is 39.5. The summed E-state index contributed by atoms with van der Waals surface area (Å²) < 4.78 is 7.23. The molecule has 10 fully saturated rings. The van der Waals surface area contributed by atoms with Crippen LogP contribution in [0.2, 0.25) is 0 Å². The molecule has 3 spiro atoms. The average Bonchev–Trinajstić information content (AvgIpc) is 1.00. The molecule has 13 rings (SSSR count). The number of benzene rings is 2. The number of nitrogens with zero attached hydrogens (tertiary/aromatic N) is 11. The molecule has 16 nitrogen and oxygen atoms in total. The molecular weight excluding hydrogens is 1200 g/mol. The Balaban J connectivity index is 0.000000150. The third kappa shape index (κ3) is 25.1. The van der Waals surface area contributed by atoms with Gasteiger partial charge in [-0.3, -0.25) is 9.80 Å². The Bertz CT molecular complexity index is 2620. The van der Waals surface area contributed by atoms with E-state index >= 15 is 0 Å². The fourth-order valence-electron chi connectivity index (χ4n) is 17.5. The molecule has 3 aromatic rings. The molecule has 0 radical (unpaired) electrons. The van der Waals surface area contributed by atoms with Crippen molar-refractivity contribution in [2.45, 2.75) is 150 Å². The molecule has 11 heterocycles. The van der Waals surface area contributed by atoms with Gasteiger partial charge in [-0.2, -0.15) is 0 Å². The maximum atomic E-state index is 6.05. The standard InChI is InChI=1S/C21H34N4.C20H32N4.C20H34N4.C18H34N3O.C2H6/c1-19-2-4-20(5-3-19)25-16-14-24(15-17-25)18-23-12-8-21(9-13-23)6-10-22-11-7-21;1-2-10-22-19(3-1)24-13-4-18(5-14-24)17-23-15-8-20(9-16-23)6-11-21-12-7-20;1-18-5-7-19(8-6-18)24-13-4-3-9-20(15-23(2)16-20)10-11-21-17-22-12-14-24;1-5-19-16(2)20-10-6-17(7-11-20)14-22-15-18-8-12-21(3,4)13-9-18;1-2/h2-5,22H,6-18H2,1H3;1-3,10,18,21H,4-9,11-17H2;5-8,21-22H,3-4,9-17H2,1-2H3;5,17-18H,2,6-15H2,1,3-4H3;1-2H3/q;;;+1;/b;;;19-5-;. The molecule has 0 saturated carbocycles. The molecule has 0 atom stereocenters. The van der Waals surface area contributed by atoms with E-state index in [2.05, 4.69) is 173 Å². The van der Waals surface area contributed by atoms with Crippen LogP contribution in [-0.2, 0) is 4.74 Å². The lowest BCUT2D eigenvalue weighted by Crippen LogP contribution is -2.55. The summed E-state index contributed by atoms with van der Waals surface area (Å²) in [6, 6.07) is 24.2. The van der Waals surface area contributed by atoms with Gasteiger partial charge < -0.3 is 59.9 Å². The van der Waals surface area contributed by atoms with Crippen molar-refractivity contribution in [1.29, 1.82) is 0 Å². The fourth-order valence-corrected chi connectivity index (χ4v) is 17.5. The molecule has 544 valence electrons. The van der Waals surface area contributed by atoms with Crippen molar-refractivity contribution in [2.75, 3.05) is 226 Å². The van der Waals surface area contributed by atoms with Gasteiger partial charge in [0, 0.05) is 148 Å². The smallest absolute Gasteiger partial charge is 0.128 e. The predicted molar refractivity (Wildman–Crippen MR) is 412 cm³/mol. The summed E-state index contributed by atoms with van der Waals surface area (Å²) >= 11 is 0. The minimum atomic E-state index is 0.574. The predicted octanol–water partition coefficient (Wildman–Crippen LogP) is 11.5. The van der Waals surface area contributed by atoms with Crippen molar-refractivity contribution in [1.82, 2.24) is 50.8 Å². The van der Waals surface area contributed by atoms with E-state index in [-0.39, 0.29) is 0 Å². The summed E-state index contributed by atoms with van der Waals surface area (Å²) in [4.78, 5) is 29.2. The van der Waals surface area contributed by atoms with Gasteiger partial charge in [-0.15, -0.1) is 0 Å². The summed E-state index contributed by atoms with van der Waals surface area (Å²) in [5.41, 5.74) is 7.36. The molecule has 10 aliphatic rings. The van der Waals surface area contributed by atoms with Crippen LogP contribution in [0.5, 0.6) is 0 Å². The number of aliphatic imine (C=N–C) groups is 1. The van der Waals surface area contributed by atoms with Crippen molar-refractivity contribution in [2.24, 2.45) is 39.0 Å². The number of aromatic nitrogens is 1. The van der Waals surface area contributed by atoms with E-state index in [1.807, 2.05) is 39.2 Å². The highest BCUT2D eigenvalue weighted by Crippen LogP contribution is 2.42. The maximum absolute atomic E-state index is 6.05. The minimum absolute atomic E-state index is 0.574. The van der Waals surface area contributed by atoms with E-state index in [4.69, 9.17) is 4.74 Å². The van der Waals surface area contributed by atoms with Crippen LogP contribution in [0.15, 0.2) is 90.3 Å². The highest BCUT2D eigenvalue weighted by Gasteiger charge is 2.41. The molecule has 97 heavy (non-hydrogen) atoms. The highest BCUT2D eigenvalue weighted by atomic mass is 16.5. The zero-order chi connectivity index (χ0) is 68.2. The number of rotatable bonds is 13. The normalized spacial score (nSPS) is 24.4. The monoisotopic (exact) mass is 1340 g/mol. The minimum Gasteiger partial charge on any atom is -0.381 e. The summed E-state index contributed by atoms with van der Waals surface area (Å²) in [5, 5.41) is 14.2. The first kappa shape index (κ1) is 77.0. The van der Waals surface area contributed by atoms with Gasteiger partial charge in [-0.1, -0.05) is 68.3 Å². The van der Waals surface area contributed by atoms with Gasteiger partial charge in [0.2, 0.25) is 0 Å². The van der Waals surface area contributed by atoms with E-state index in [1.165, 1.54) is 267 Å². The van der Waals surface area contributed by atoms with Crippen molar-refractivity contribution < 1.29 is 9.22 Å². The van der Waals surface area contributed by atoms with E-state index in [0.717, 1.165) is 89.2 Å². The second-order valence-corrected chi connectivity index (χ2v) is 32.1. The summed E-state index contributed by atoms with van der Waals surface area (Å²) in [7, 11) is 6.92. The van der Waals surface area contributed by atoms with Crippen LogP contribution in [0.4, 0.5) is 17.2 Å². The molecule has 10 saturated heterocycles. The van der Waals surface area contributed by atoms with Crippen molar-refractivity contribution in [3.63, 3.8) is 0 Å². The van der Waals surface area contributed by atoms with E-state index in [9.17, 15) is 0 Å². The molecule has 1 aromatic heterocycles. The number of ether oxygens (including phenoxy) is 1. The van der Waals surface area contributed by atoms with Gasteiger partial charge in [0.05, 0.1) is 33.9 Å². The lowest BCUT2D eigenvalue weighted by molar-refractivity contribution is -0.896. The Kier molecular flexibility index (Phi) is 31.6. The van der Waals surface area contributed by atoms with Crippen molar-refractivity contribution >= 4 is 23.4 Å². The SMILES string of the molecule is C=C(/N=C\C)N1CCC(COCC2CC[N+](C)(C)CC2)CC1.CC.Cc1ccc(N2CCCCC3(CCNCNCC2)CN(C)C3)cc1.Cc1ccc(N2CCN(CN3CCC4(CCNCC4)CC3)CC2)cc1.c1ccc(N2CCC(CN3CCC4(CCNCC4)CC3)CC2)nc1. The van der Waals surface area contributed by atoms with E-state index in [1.54, 1.807) is 0 Å². The lowest BCUT2D eigenvalue weighted by Gasteiger charge is -2.49. The lowest BCUT2D eigenvalue weighted by atomic mass is 9.71. The second kappa shape index (κ2) is 39.9. The van der Waals surface area contributed by atoms with Gasteiger partial charge in [0.1, 0.15) is 11.6 Å². The van der Waals surface area contributed by atoms with Crippen LogP contribution in [0.1, 0.15) is 147 Å². The fraction of sp³-hybridized carbons (Fsp3) is 0.753. The number of hydrogen-bond acceptors (Lipinski definition) is 15. The van der Waals surface area contributed by atoms with Gasteiger partial charge in [-0.25, -0.2) is 9.98 Å². The van der Waals surface area contributed by atoms with Gasteiger partial charge in [-0.05, 0) is 253 Å². The Morgan fingerprint density at radius 1 is 0.536 bits per heavy atom. The average molecular weight is 1340 g/mol. The third-order valence-corrected chi connectivity index (χ3v) is 24.3. The molecule has 0 unspecified atom stereocenters. The molecule has 0 amide bonds. The number of nitrogens with one attached hydrogen (secondary N) is 4. The zero-order valence-corrected chi connectivity index (χ0v) is 63.0. The van der Waals surface area contributed by atoms with Crippen LogP contribution < -0.4 is 36.0 Å². The second-order valence-electron chi connectivity index (χ2n) is 32.1. The molecule has 10 aliphatic heterocycles. The summed E-state index contributed by atoms with van der Waals surface area (Å²) in [6.07, 6.45) is 28.1. The van der Waals surface area contributed by atoms with Crippen LogP contribution in [0, 0.1) is 47.8 Å². The Morgan fingerprint density at radius 2 is 1.04 bits per heavy atom. The summed E-state index contributed by atoms with van der Waals surface area (Å²) in [6.45, 7) is 48.6. The molecule has 0 aliphatic carbocycles. The number of aryl methyl sites for hydroxylation is 2. The Hall–Kier alpha value is -4.20. The van der Waals surface area contributed by atoms with Crippen LogP contribution in [-0.4, -0.2) is 251 Å². The number of hydrogen-bond donors (Lipinski definition) is 4. The van der Waals surface area contributed by atoms with Gasteiger partial charge in [0.25, 0.3) is 0 Å². The zero-order valence-electron chi connectivity index (χ0n) is 63.0. The van der Waals surface area contributed by atoms with E-state index in [0.29, 0.717) is 22.2 Å². The topological polar surface area (TPSA) is 109 Å². The third-order valence-electron chi connectivity index (χ3n) is 24.3. The Labute approximate surface area is 592 Å². The summed E-state index contributed by atoms with van der Waals surface area (Å²) in [5.74, 6) is 4.44. The van der Waals surface area contributed by atoms with Gasteiger partial charge in [0.15, 0.2) is 0 Å². The molecule has 4 N–H and O–H groups in total. The number of piperidine rings is 7. The highest BCUT2D eigenvalue weighted by molar-refractivity contribution is 5.55.